The third kappa shape index (κ3) is 3.67. The Morgan fingerprint density at radius 2 is 1.97 bits per heavy atom. The van der Waals surface area contributed by atoms with E-state index in [4.69, 9.17) is 19.9 Å². The van der Waals surface area contributed by atoms with Crippen molar-refractivity contribution in [2.75, 3.05) is 20.8 Å². The van der Waals surface area contributed by atoms with E-state index in [2.05, 4.69) is 10.3 Å². The van der Waals surface area contributed by atoms with Gasteiger partial charge in [-0.1, -0.05) is 0 Å². The minimum absolute atomic E-state index is 0. The van der Waals surface area contributed by atoms with Crippen molar-refractivity contribution >= 4 is 24.1 Å². The Morgan fingerprint density at radius 3 is 2.69 bits per heavy atom. The fourth-order valence-corrected chi connectivity index (χ4v) is 3.54. The van der Waals surface area contributed by atoms with Gasteiger partial charge in [-0.2, -0.15) is 0 Å². The number of ether oxygens (including phenoxy) is 3. The SMILES string of the molecule is COc1cc(OC)c2c(c1)OCCC1=C2NC(N)=NC1c1cc(F)ccc1F.Cl. The van der Waals surface area contributed by atoms with Gasteiger partial charge in [0.15, 0.2) is 5.96 Å². The lowest BCUT2D eigenvalue weighted by Gasteiger charge is -2.27. The van der Waals surface area contributed by atoms with Gasteiger partial charge in [0.2, 0.25) is 0 Å². The number of nitrogens with two attached hydrogens (primary N) is 1. The predicted molar refractivity (Wildman–Crippen MR) is 108 cm³/mol. The van der Waals surface area contributed by atoms with Crippen molar-refractivity contribution in [2.45, 2.75) is 12.5 Å². The number of fused-ring (bicyclic) bond motifs is 2. The van der Waals surface area contributed by atoms with Crippen LogP contribution in [0.2, 0.25) is 0 Å². The Bertz CT molecular complexity index is 1010. The Labute approximate surface area is 172 Å². The molecular formula is C20H20ClF2N3O3. The lowest BCUT2D eigenvalue weighted by molar-refractivity contribution is 0.315. The van der Waals surface area contributed by atoms with Gasteiger partial charge >= 0.3 is 0 Å². The zero-order valence-electron chi connectivity index (χ0n) is 15.8. The molecule has 0 saturated carbocycles. The minimum atomic E-state index is -0.770. The third-order valence-corrected chi connectivity index (χ3v) is 4.80. The molecule has 1 atom stereocenters. The van der Waals surface area contributed by atoms with Crippen molar-refractivity contribution in [1.29, 1.82) is 0 Å². The monoisotopic (exact) mass is 423 g/mol. The molecule has 9 heteroatoms. The van der Waals surface area contributed by atoms with Gasteiger partial charge in [-0.3, -0.25) is 0 Å². The first-order valence-electron chi connectivity index (χ1n) is 8.69. The lowest BCUT2D eigenvalue weighted by Crippen LogP contribution is -2.35. The zero-order valence-corrected chi connectivity index (χ0v) is 16.6. The highest BCUT2D eigenvalue weighted by atomic mass is 35.5. The molecule has 3 N–H and O–H groups in total. The Morgan fingerprint density at radius 1 is 1.17 bits per heavy atom. The summed E-state index contributed by atoms with van der Waals surface area (Å²) in [7, 11) is 3.08. The first-order chi connectivity index (χ1) is 13.5. The molecule has 2 aliphatic heterocycles. The van der Waals surface area contributed by atoms with Crippen LogP contribution in [-0.4, -0.2) is 26.8 Å². The summed E-state index contributed by atoms with van der Waals surface area (Å²) < 4.78 is 45.0. The maximum absolute atomic E-state index is 14.5. The molecule has 154 valence electrons. The number of hydrogen-bond donors (Lipinski definition) is 2. The highest BCUT2D eigenvalue weighted by Crippen LogP contribution is 2.45. The fourth-order valence-electron chi connectivity index (χ4n) is 3.54. The summed E-state index contributed by atoms with van der Waals surface area (Å²) in [5, 5.41) is 3.05. The molecule has 29 heavy (non-hydrogen) atoms. The fraction of sp³-hybridized carbons (Fsp3) is 0.250. The molecule has 0 fully saturated rings. The molecular weight excluding hydrogens is 404 g/mol. The molecule has 2 aromatic rings. The third-order valence-electron chi connectivity index (χ3n) is 4.80. The molecule has 0 aromatic heterocycles. The van der Waals surface area contributed by atoms with E-state index in [-0.39, 0.29) is 23.9 Å². The van der Waals surface area contributed by atoms with Crippen molar-refractivity contribution in [3.8, 4) is 17.2 Å². The molecule has 2 heterocycles. The predicted octanol–water partition coefficient (Wildman–Crippen LogP) is 3.56. The number of halogens is 3. The van der Waals surface area contributed by atoms with Crippen LogP contribution in [0.1, 0.15) is 23.6 Å². The summed E-state index contributed by atoms with van der Waals surface area (Å²) in [4.78, 5) is 4.34. The molecule has 6 nitrogen and oxygen atoms in total. The highest BCUT2D eigenvalue weighted by Gasteiger charge is 2.33. The molecule has 0 radical (unpaired) electrons. The van der Waals surface area contributed by atoms with E-state index < -0.39 is 17.7 Å². The van der Waals surface area contributed by atoms with E-state index in [1.165, 1.54) is 7.11 Å². The van der Waals surface area contributed by atoms with E-state index in [0.29, 0.717) is 41.5 Å². The number of guanidine groups is 1. The van der Waals surface area contributed by atoms with Crippen LogP contribution >= 0.6 is 12.4 Å². The quantitative estimate of drug-likeness (QED) is 0.789. The van der Waals surface area contributed by atoms with E-state index >= 15 is 0 Å². The smallest absolute Gasteiger partial charge is 0.194 e. The van der Waals surface area contributed by atoms with Gasteiger partial charge in [0.25, 0.3) is 0 Å². The van der Waals surface area contributed by atoms with Crippen LogP contribution < -0.4 is 25.3 Å². The van der Waals surface area contributed by atoms with Crippen molar-refractivity contribution < 1.29 is 23.0 Å². The largest absolute Gasteiger partial charge is 0.496 e. The molecule has 2 aromatic carbocycles. The molecule has 4 rings (SSSR count). The van der Waals surface area contributed by atoms with E-state index in [0.717, 1.165) is 23.8 Å². The number of hydrogen-bond acceptors (Lipinski definition) is 6. The van der Waals surface area contributed by atoms with Gasteiger partial charge in [-0.15, -0.1) is 12.4 Å². The molecule has 0 spiro atoms. The topological polar surface area (TPSA) is 78.1 Å². The van der Waals surface area contributed by atoms with E-state index in [9.17, 15) is 8.78 Å². The second kappa shape index (κ2) is 8.16. The second-order valence-corrected chi connectivity index (χ2v) is 6.41. The van der Waals surface area contributed by atoms with E-state index in [1.54, 1.807) is 19.2 Å². The summed E-state index contributed by atoms with van der Waals surface area (Å²) in [5.41, 5.74) is 8.10. The number of benzene rings is 2. The number of aliphatic imine (C=N–C) groups is 1. The van der Waals surface area contributed by atoms with Crippen LogP contribution in [0, 0.1) is 11.6 Å². The number of nitrogens with one attached hydrogen (secondary N) is 1. The first kappa shape index (κ1) is 20.7. The van der Waals surface area contributed by atoms with Gasteiger partial charge in [-0.05, 0) is 23.8 Å². The standard InChI is InChI=1S/C20H19F2N3O3.ClH/c1-26-11-8-15(27-2)17-16(9-11)28-6-5-12-18(24-20(23)25-19(12)17)13-7-10(21)3-4-14(13)22;/h3-4,7-9,18H,5-6H2,1-2H3,(H3,23,24,25);1H. The molecule has 2 aliphatic rings. The summed E-state index contributed by atoms with van der Waals surface area (Å²) >= 11 is 0. The van der Waals surface area contributed by atoms with Crippen LogP contribution in [0.3, 0.4) is 0 Å². The lowest BCUT2D eigenvalue weighted by atomic mass is 9.91. The normalized spacial score (nSPS) is 17.5. The number of rotatable bonds is 3. The second-order valence-electron chi connectivity index (χ2n) is 6.41. The first-order valence-corrected chi connectivity index (χ1v) is 8.69. The molecule has 0 saturated heterocycles. The van der Waals surface area contributed by atoms with Crippen LogP contribution in [0.5, 0.6) is 17.2 Å². The molecule has 0 amide bonds. The maximum atomic E-state index is 14.5. The van der Waals surface area contributed by atoms with Gasteiger partial charge in [0.05, 0.1) is 32.1 Å². The van der Waals surface area contributed by atoms with Gasteiger partial charge in [0, 0.05) is 24.1 Å². The summed E-state index contributed by atoms with van der Waals surface area (Å²) in [6, 6.07) is 6.00. The van der Waals surface area contributed by atoms with Crippen LogP contribution in [-0.2, 0) is 0 Å². The van der Waals surface area contributed by atoms with Crippen LogP contribution in [0.25, 0.3) is 5.70 Å². The Balaban J connectivity index is 0.00000240. The van der Waals surface area contributed by atoms with Gasteiger partial charge in [-0.25, -0.2) is 13.8 Å². The van der Waals surface area contributed by atoms with Gasteiger partial charge < -0.3 is 25.3 Å². The summed E-state index contributed by atoms with van der Waals surface area (Å²) in [6.45, 7) is 0.326. The zero-order chi connectivity index (χ0) is 19.8. The molecule has 1 unspecified atom stereocenters. The maximum Gasteiger partial charge on any atom is 0.194 e. The average Bonchev–Trinajstić information content (AvgIpc) is 2.87. The molecule has 0 aliphatic carbocycles. The van der Waals surface area contributed by atoms with Gasteiger partial charge in [0.1, 0.15) is 34.9 Å². The molecule has 0 bridgehead atoms. The number of nitrogens with zero attached hydrogens (tertiary/aromatic N) is 1. The Hall–Kier alpha value is -3.00. The van der Waals surface area contributed by atoms with Crippen LogP contribution in [0.15, 0.2) is 40.9 Å². The minimum Gasteiger partial charge on any atom is -0.496 e. The summed E-state index contributed by atoms with van der Waals surface area (Å²) in [5.74, 6) is 0.622. The van der Waals surface area contributed by atoms with Crippen molar-refractivity contribution in [1.82, 2.24) is 5.32 Å². The van der Waals surface area contributed by atoms with Crippen LogP contribution in [0.4, 0.5) is 8.78 Å². The van der Waals surface area contributed by atoms with Crippen molar-refractivity contribution in [3.05, 3.63) is 58.7 Å². The van der Waals surface area contributed by atoms with Crippen molar-refractivity contribution in [3.63, 3.8) is 0 Å². The van der Waals surface area contributed by atoms with E-state index in [1.807, 2.05) is 0 Å². The number of methoxy groups -OCH3 is 2. The highest BCUT2D eigenvalue weighted by molar-refractivity contribution is 5.94. The summed E-state index contributed by atoms with van der Waals surface area (Å²) in [6.07, 6.45) is 0.444. The van der Waals surface area contributed by atoms with Crippen molar-refractivity contribution in [2.24, 2.45) is 10.7 Å². The Kier molecular flexibility index (Phi) is 5.83. The average molecular weight is 424 g/mol.